The smallest absolute Gasteiger partial charge is 0.262 e. The van der Waals surface area contributed by atoms with Gasteiger partial charge < -0.3 is 15.4 Å². The van der Waals surface area contributed by atoms with Crippen LogP contribution in [0.5, 0.6) is 5.75 Å². The highest BCUT2D eigenvalue weighted by Crippen LogP contribution is 2.38. The number of anilines is 2. The van der Waals surface area contributed by atoms with Gasteiger partial charge in [-0.25, -0.2) is 8.42 Å². The molecular formula is C21H22ClN3O5S. The molecule has 164 valence electrons. The highest BCUT2D eigenvalue weighted by molar-refractivity contribution is 7.89. The Morgan fingerprint density at radius 2 is 2.00 bits per heavy atom. The molecule has 0 aromatic heterocycles. The molecule has 1 fully saturated rings. The van der Waals surface area contributed by atoms with Crippen molar-refractivity contribution in [3.63, 3.8) is 0 Å². The summed E-state index contributed by atoms with van der Waals surface area (Å²) in [6.07, 6.45) is 0.963. The molecule has 2 amide bonds. The zero-order valence-electron chi connectivity index (χ0n) is 17.1. The maximum Gasteiger partial charge on any atom is 0.262 e. The van der Waals surface area contributed by atoms with Gasteiger partial charge in [-0.3, -0.25) is 9.59 Å². The minimum Gasteiger partial charge on any atom is -0.482 e. The Morgan fingerprint density at radius 1 is 1.23 bits per heavy atom. The van der Waals surface area contributed by atoms with Gasteiger partial charge in [0.2, 0.25) is 15.9 Å². The molecule has 2 aliphatic heterocycles. The Labute approximate surface area is 185 Å². The molecule has 0 saturated carbocycles. The first kappa shape index (κ1) is 21.6. The molecule has 1 saturated heterocycles. The number of hydrogen-bond acceptors (Lipinski definition) is 5. The minimum absolute atomic E-state index is 0.0511. The SMILES string of the molecule is Cc1ccc(NC(=O)[C@H]2CCCN2S(=O)(=O)c2cc3c(cc2Cl)NC(=O)CO3)cc1C. The second kappa shape index (κ2) is 8.14. The van der Waals surface area contributed by atoms with Crippen LogP contribution in [0.3, 0.4) is 0 Å². The molecule has 0 aliphatic carbocycles. The summed E-state index contributed by atoms with van der Waals surface area (Å²) in [7, 11) is -4.07. The van der Waals surface area contributed by atoms with E-state index in [2.05, 4.69) is 10.6 Å². The Morgan fingerprint density at radius 3 is 2.74 bits per heavy atom. The van der Waals surface area contributed by atoms with Crippen LogP contribution in [0.15, 0.2) is 35.2 Å². The number of nitrogens with zero attached hydrogens (tertiary/aromatic N) is 1. The summed E-state index contributed by atoms with van der Waals surface area (Å²) in [6, 6.07) is 7.34. The highest BCUT2D eigenvalue weighted by Gasteiger charge is 2.41. The van der Waals surface area contributed by atoms with Crippen LogP contribution in [0.1, 0.15) is 24.0 Å². The maximum atomic E-state index is 13.4. The van der Waals surface area contributed by atoms with Crippen molar-refractivity contribution in [2.75, 3.05) is 23.8 Å². The molecule has 0 bridgehead atoms. The summed E-state index contributed by atoms with van der Waals surface area (Å²) in [6.45, 7) is 3.92. The molecule has 10 heteroatoms. The third-order valence-electron chi connectivity index (χ3n) is 5.53. The summed E-state index contributed by atoms with van der Waals surface area (Å²) < 4.78 is 33.3. The zero-order chi connectivity index (χ0) is 22.3. The first-order valence-electron chi connectivity index (χ1n) is 9.83. The van der Waals surface area contributed by atoms with E-state index in [0.29, 0.717) is 24.2 Å². The Balaban J connectivity index is 1.61. The van der Waals surface area contributed by atoms with E-state index in [1.165, 1.54) is 16.4 Å². The van der Waals surface area contributed by atoms with E-state index in [0.717, 1.165) is 11.1 Å². The van der Waals surface area contributed by atoms with Crippen LogP contribution in [0, 0.1) is 13.8 Å². The Bertz CT molecular complexity index is 1180. The number of benzene rings is 2. The predicted molar refractivity (Wildman–Crippen MR) is 117 cm³/mol. The van der Waals surface area contributed by atoms with Gasteiger partial charge in [-0.1, -0.05) is 17.7 Å². The number of fused-ring (bicyclic) bond motifs is 1. The molecule has 0 spiro atoms. The van der Waals surface area contributed by atoms with E-state index < -0.39 is 16.1 Å². The molecule has 2 heterocycles. The number of carbonyl (C=O) groups is 2. The summed E-state index contributed by atoms with van der Waals surface area (Å²) in [5.41, 5.74) is 3.06. The third kappa shape index (κ3) is 4.13. The van der Waals surface area contributed by atoms with Crippen LogP contribution in [0.4, 0.5) is 11.4 Å². The van der Waals surface area contributed by atoms with Gasteiger partial charge in [0.15, 0.2) is 6.61 Å². The number of nitrogens with one attached hydrogen (secondary N) is 2. The van der Waals surface area contributed by atoms with Crippen molar-refractivity contribution >= 4 is 44.8 Å². The topological polar surface area (TPSA) is 105 Å². The van der Waals surface area contributed by atoms with E-state index in [1.54, 1.807) is 6.07 Å². The molecule has 0 radical (unpaired) electrons. The number of ether oxygens (including phenoxy) is 1. The largest absolute Gasteiger partial charge is 0.482 e. The summed E-state index contributed by atoms with van der Waals surface area (Å²) >= 11 is 6.25. The van der Waals surface area contributed by atoms with Crippen LogP contribution in [0.25, 0.3) is 0 Å². The standard InChI is InChI=1S/C21H22ClN3O5S/c1-12-5-6-14(8-13(12)2)23-21(27)17-4-3-7-25(17)31(28,29)19-10-18-16(9-15(19)22)24-20(26)11-30-18/h5-6,8-10,17H,3-4,7,11H2,1-2H3,(H,23,27)(H,24,26)/t17-/m1/s1. The third-order valence-corrected chi connectivity index (χ3v) is 7.91. The van der Waals surface area contributed by atoms with Crippen molar-refractivity contribution in [3.8, 4) is 5.75 Å². The van der Waals surface area contributed by atoms with E-state index in [1.807, 2.05) is 26.0 Å². The number of rotatable bonds is 4. The summed E-state index contributed by atoms with van der Waals surface area (Å²) in [5, 5.41) is 5.36. The van der Waals surface area contributed by atoms with Gasteiger partial charge in [0.25, 0.3) is 5.91 Å². The lowest BCUT2D eigenvalue weighted by Gasteiger charge is -2.25. The summed E-state index contributed by atoms with van der Waals surface area (Å²) in [5.74, 6) is -0.512. The molecule has 8 nitrogen and oxygen atoms in total. The van der Waals surface area contributed by atoms with Crippen LogP contribution < -0.4 is 15.4 Å². The molecule has 0 unspecified atom stereocenters. The molecule has 31 heavy (non-hydrogen) atoms. The quantitative estimate of drug-likeness (QED) is 0.725. The van der Waals surface area contributed by atoms with Gasteiger partial charge in [0, 0.05) is 18.3 Å². The van der Waals surface area contributed by atoms with E-state index in [9.17, 15) is 18.0 Å². The summed E-state index contributed by atoms with van der Waals surface area (Å²) in [4.78, 5) is 24.3. The van der Waals surface area contributed by atoms with E-state index in [-0.39, 0.29) is 40.6 Å². The van der Waals surface area contributed by atoms with Crippen molar-refractivity contribution in [3.05, 3.63) is 46.5 Å². The fourth-order valence-corrected chi connectivity index (χ4v) is 5.92. The monoisotopic (exact) mass is 463 g/mol. The molecular weight excluding hydrogens is 442 g/mol. The number of sulfonamides is 1. The Kier molecular flexibility index (Phi) is 5.67. The van der Waals surface area contributed by atoms with Crippen molar-refractivity contribution in [1.82, 2.24) is 4.31 Å². The van der Waals surface area contributed by atoms with Crippen molar-refractivity contribution in [2.24, 2.45) is 0 Å². The van der Waals surface area contributed by atoms with Crippen LogP contribution in [-0.2, 0) is 19.6 Å². The molecule has 2 aromatic rings. The fourth-order valence-electron chi connectivity index (χ4n) is 3.74. The highest BCUT2D eigenvalue weighted by atomic mass is 35.5. The minimum atomic E-state index is -4.07. The second-order valence-corrected chi connectivity index (χ2v) is 9.94. The van der Waals surface area contributed by atoms with Gasteiger partial charge in [0.05, 0.1) is 10.7 Å². The first-order chi connectivity index (χ1) is 14.7. The molecule has 1 atom stereocenters. The van der Waals surface area contributed by atoms with Crippen LogP contribution in [0.2, 0.25) is 5.02 Å². The lowest BCUT2D eigenvalue weighted by atomic mass is 10.1. The van der Waals surface area contributed by atoms with Crippen molar-refractivity contribution in [2.45, 2.75) is 37.6 Å². The number of carbonyl (C=O) groups excluding carboxylic acids is 2. The van der Waals surface area contributed by atoms with Gasteiger partial charge in [-0.05, 0) is 56.0 Å². The Hall–Kier alpha value is -2.62. The number of aryl methyl sites for hydroxylation is 2. The first-order valence-corrected chi connectivity index (χ1v) is 11.6. The second-order valence-electron chi connectivity index (χ2n) is 7.68. The van der Waals surface area contributed by atoms with Gasteiger partial charge >= 0.3 is 0 Å². The zero-order valence-corrected chi connectivity index (χ0v) is 18.6. The van der Waals surface area contributed by atoms with Crippen LogP contribution >= 0.6 is 11.6 Å². The fraction of sp³-hybridized carbons (Fsp3) is 0.333. The van der Waals surface area contributed by atoms with Gasteiger partial charge in [0.1, 0.15) is 16.7 Å². The number of hydrogen-bond donors (Lipinski definition) is 2. The van der Waals surface area contributed by atoms with Gasteiger partial charge in [-0.2, -0.15) is 4.31 Å². The average molecular weight is 464 g/mol. The molecule has 2 aliphatic rings. The molecule has 2 aromatic carbocycles. The van der Waals surface area contributed by atoms with Crippen LogP contribution in [-0.4, -0.2) is 43.7 Å². The number of halogens is 1. The van der Waals surface area contributed by atoms with E-state index >= 15 is 0 Å². The van der Waals surface area contributed by atoms with Crippen molar-refractivity contribution < 1.29 is 22.7 Å². The lowest BCUT2D eigenvalue weighted by molar-refractivity contribution is -0.119. The lowest BCUT2D eigenvalue weighted by Crippen LogP contribution is -2.43. The number of amides is 2. The maximum absolute atomic E-state index is 13.4. The molecule has 2 N–H and O–H groups in total. The normalized spacial score (nSPS) is 18.8. The predicted octanol–water partition coefficient (Wildman–Crippen LogP) is 3.08. The average Bonchev–Trinajstić information content (AvgIpc) is 3.21. The van der Waals surface area contributed by atoms with Crippen molar-refractivity contribution in [1.29, 1.82) is 0 Å². The molecule has 4 rings (SSSR count). The van der Waals surface area contributed by atoms with E-state index in [4.69, 9.17) is 16.3 Å². The van der Waals surface area contributed by atoms with Gasteiger partial charge in [-0.15, -0.1) is 0 Å².